The SMILES string of the molecule is [2H]C([2H])([2H])Oc1ccc(C2CNC(=O)C2)cc1OC1([2H])CCCC1. The van der Waals surface area contributed by atoms with Crippen LogP contribution in [0.15, 0.2) is 18.2 Å². The van der Waals surface area contributed by atoms with Crippen LogP contribution in [0.3, 0.4) is 0 Å². The molecule has 0 radical (unpaired) electrons. The van der Waals surface area contributed by atoms with Crippen LogP contribution < -0.4 is 14.8 Å². The minimum atomic E-state index is -2.59. The molecule has 1 aliphatic heterocycles. The fraction of sp³-hybridized carbons (Fsp3) is 0.562. The molecule has 1 saturated carbocycles. The summed E-state index contributed by atoms with van der Waals surface area (Å²) in [6.45, 7) is 0.545. The standard InChI is InChI=1S/C16H21NO3/c1-19-14-7-6-11(12-9-16(18)17-10-12)8-15(14)20-13-4-2-3-5-13/h6-8,12-13H,2-5,9-10H2,1H3,(H,17,18)/i1D3,13D. The van der Waals surface area contributed by atoms with Crippen LogP contribution in [0.4, 0.5) is 0 Å². The van der Waals surface area contributed by atoms with Gasteiger partial charge in [0.05, 0.1) is 18.6 Å². The highest BCUT2D eigenvalue weighted by atomic mass is 16.5. The Bertz CT molecular complexity index is 626. The molecule has 108 valence electrons. The van der Waals surface area contributed by atoms with E-state index in [9.17, 15) is 4.79 Å². The zero-order valence-electron chi connectivity index (χ0n) is 15.3. The molecular weight excluding hydrogens is 254 g/mol. The molecule has 4 nitrogen and oxygen atoms in total. The Hall–Kier alpha value is -1.71. The lowest BCUT2D eigenvalue weighted by Crippen LogP contribution is -2.14. The quantitative estimate of drug-likeness (QED) is 0.921. The molecule has 1 amide bonds. The molecule has 1 aliphatic carbocycles. The first-order valence-corrected chi connectivity index (χ1v) is 7.03. The van der Waals surface area contributed by atoms with Crippen LogP contribution >= 0.6 is 0 Å². The molecule has 1 unspecified atom stereocenters. The van der Waals surface area contributed by atoms with E-state index in [4.69, 9.17) is 15.0 Å². The Labute approximate surface area is 125 Å². The van der Waals surface area contributed by atoms with E-state index in [0.29, 0.717) is 25.8 Å². The summed E-state index contributed by atoms with van der Waals surface area (Å²) < 4.78 is 41.2. The highest BCUT2D eigenvalue weighted by Gasteiger charge is 2.25. The van der Waals surface area contributed by atoms with E-state index in [1.165, 1.54) is 0 Å². The van der Waals surface area contributed by atoms with Gasteiger partial charge in [-0.05, 0) is 43.4 Å². The molecule has 1 aromatic carbocycles. The number of ether oxygens (including phenoxy) is 2. The van der Waals surface area contributed by atoms with Crippen molar-refractivity contribution in [3.63, 3.8) is 0 Å². The van der Waals surface area contributed by atoms with Gasteiger partial charge in [-0.2, -0.15) is 0 Å². The first-order chi connectivity index (χ1) is 11.2. The smallest absolute Gasteiger partial charge is 0.220 e. The third-order valence-corrected chi connectivity index (χ3v) is 3.94. The highest BCUT2D eigenvalue weighted by Crippen LogP contribution is 2.35. The lowest BCUT2D eigenvalue weighted by atomic mass is 9.98. The van der Waals surface area contributed by atoms with Gasteiger partial charge in [-0.3, -0.25) is 4.79 Å². The van der Waals surface area contributed by atoms with Gasteiger partial charge in [0, 0.05) is 18.9 Å². The molecule has 1 aromatic rings. The van der Waals surface area contributed by atoms with Crippen molar-refractivity contribution in [2.75, 3.05) is 13.6 Å². The Morgan fingerprint density at radius 3 is 2.90 bits per heavy atom. The second-order valence-electron chi connectivity index (χ2n) is 5.36. The van der Waals surface area contributed by atoms with Crippen LogP contribution in [0.5, 0.6) is 11.5 Å². The van der Waals surface area contributed by atoms with E-state index in [-0.39, 0.29) is 23.3 Å². The minimum Gasteiger partial charge on any atom is -0.493 e. The second-order valence-corrected chi connectivity index (χ2v) is 5.36. The van der Waals surface area contributed by atoms with Gasteiger partial charge in [-0.1, -0.05) is 6.07 Å². The number of methoxy groups -OCH3 is 1. The van der Waals surface area contributed by atoms with Crippen molar-refractivity contribution in [3.05, 3.63) is 23.8 Å². The molecule has 20 heavy (non-hydrogen) atoms. The summed E-state index contributed by atoms with van der Waals surface area (Å²) in [6, 6.07) is 5.02. The van der Waals surface area contributed by atoms with Gasteiger partial charge < -0.3 is 14.8 Å². The lowest BCUT2D eigenvalue weighted by molar-refractivity contribution is -0.119. The third kappa shape index (κ3) is 2.74. The molecule has 2 fully saturated rings. The van der Waals surface area contributed by atoms with E-state index in [2.05, 4.69) is 5.32 Å². The Balaban J connectivity index is 1.89. The molecule has 1 N–H and O–H groups in total. The van der Waals surface area contributed by atoms with Crippen molar-refractivity contribution < 1.29 is 19.8 Å². The van der Waals surface area contributed by atoms with Crippen LogP contribution in [0.2, 0.25) is 0 Å². The summed E-state index contributed by atoms with van der Waals surface area (Å²) in [5.74, 6) is 0.388. The van der Waals surface area contributed by atoms with E-state index in [1.807, 2.05) is 0 Å². The molecule has 1 atom stereocenters. The van der Waals surface area contributed by atoms with Crippen LogP contribution in [-0.2, 0) is 4.79 Å². The number of carbonyl (C=O) groups is 1. The number of amides is 1. The van der Waals surface area contributed by atoms with Crippen molar-refractivity contribution in [3.8, 4) is 11.5 Å². The van der Waals surface area contributed by atoms with Crippen molar-refractivity contribution >= 4 is 5.91 Å². The van der Waals surface area contributed by atoms with Crippen LogP contribution in [-0.4, -0.2) is 25.6 Å². The number of carbonyl (C=O) groups excluding carboxylic acids is 1. The topological polar surface area (TPSA) is 47.6 Å². The summed E-state index contributed by atoms with van der Waals surface area (Å²) >= 11 is 0. The van der Waals surface area contributed by atoms with E-state index < -0.39 is 13.1 Å². The summed E-state index contributed by atoms with van der Waals surface area (Å²) in [7, 11) is -2.59. The van der Waals surface area contributed by atoms with E-state index >= 15 is 0 Å². The number of hydrogen-bond donors (Lipinski definition) is 1. The van der Waals surface area contributed by atoms with Crippen molar-refractivity contribution in [1.82, 2.24) is 5.32 Å². The maximum Gasteiger partial charge on any atom is 0.220 e. The van der Waals surface area contributed by atoms with Gasteiger partial charge >= 0.3 is 0 Å². The third-order valence-electron chi connectivity index (χ3n) is 3.94. The summed E-state index contributed by atoms with van der Waals surface area (Å²) in [5, 5.41) is 2.78. The molecule has 4 heteroatoms. The number of rotatable bonds is 4. The fourth-order valence-electron chi connectivity index (χ4n) is 2.81. The predicted octanol–water partition coefficient (Wildman–Crippen LogP) is 2.62. The number of benzene rings is 1. The Morgan fingerprint density at radius 2 is 2.20 bits per heavy atom. The first-order valence-electron chi connectivity index (χ1n) is 9.03. The first kappa shape index (κ1) is 9.27. The Kier molecular flexibility index (Phi) is 2.66. The van der Waals surface area contributed by atoms with Gasteiger partial charge in [0.15, 0.2) is 11.5 Å². The van der Waals surface area contributed by atoms with Gasteiger partial charge in [0.2, 0.25) is 5.91 Å². The van der Waals surface area contributed by atoms with Crippen molar-refractivity contribution in [1.29, 1.82) is 0 Å². The number of hydrogen-bond acceptors (Lipinski definition) is 3. The second kappa shape index (κ2) is 5.73. The maximum absolute atomic E-state index is 11.4. The van der Waals surface area contributed by atoms with Crippen molar-refractivity contribution in [2.45, 2.75) is 44.1 Å². The normalized spacial score (nSPS) is 28.0. The van der Waals surface area contributed by atoms with Gasteiger partial charge in [-0.25, -0.2) is 0 Å². The van der Waals surface area contributed by atoms with E-state index in [0.717, 1.165) is 18.4 Å². The summed E-state index contributed by atoms with van der Waals surface area (Å²) in [6.07, 6.45) is 2.39. The highest BCUT2D eigenvalue weighted by molar-refractivity contribution is 5.79. The van der Waals surface area contributed by atoms with E-state index in [1.54, 1.807) is 18.2 Å². The van der Waals surface area contributed by atoms with Gasteiger partial charge in [-0.15, -0.1) is 0 Å². The molecule has 2 aliphatic rings. The average Bonchev–Trinajstić information content (AvgIpc) is 3.08. The minimum absolute atomic E-state index is 0.00181. The number of nitrogens with one attached hydrogen (secondary N) is 1. The van der Waals surface area contributed by atoms with Crippen LogP contribution in [0, 0.1) is 0 Å². The molecule has 1 heterocycles. The molecule has 0 bridgehead atoms. The fourth-order valence-corrected chi connectivity index (χ4v) is 2.81. The average molecular weight is 279 g/mol. The van der Waals surface area contributed by atoms with Crippen LogP contribution in [0.1, 0.15) is 49.1 Å². The predicted molar refractivity (Wildman–Crippen MR) is 76.2 cm³/mol. The summed E-state index contributed by atoms with van der Waals surface area (Å²) in [4.78, 5) is 11.4. The maximum atomic E-state index is 11.4. The lowest BCUT2D eigenvalue weighted by Gasteiger charge is -2.18. The molecule has 1 saturated heterocycles. The van der Waals surface area contributed by atoms with Crippen LogP contribution in [0.25, 0.3) is 0 Å². The monoisotopic (exact) mass is 279 g/mol. The van der Waals surface area contributed by atoms with Gasteiger partial charge in [0.25, 0.3) is 0 Å². The molecule has 0 aromatic heterocycles. The van der Waals surface area contributed by atoms with Crippen molar-refractivity contribution in [2.24, 2.45) is 0 Å². The zero-order chi connectivity index (χ0) is 17.4. The molecule has 3 rings (SSSR count). The zero-order valence-corrected chi connectivity index (χ0v) is 11.3. The summed E-state index contributed by atoms with van der Waals surface area (Å²) in [5.41, 5.74) is 0.878. The Morgan fingerprint density at radius 1 is 1.35 bits per heavy atom. The van der Waals surface area contributed by atoms with Gasteiger partial charge in [0.1, 0.15) is 0 Å². The largest absolute Gasteiger partial charge is 0.493 e. The molecule has 0 spiro atoms. The molecular formula is C16H21NO3.